The molecule has 1 aromatic carbocycles. The van der Waals surface area contributed by atoms with Gasteiger partial charge in [0.05, 0.1) is 6.10 Å². The second-order valence-corrected chi connectivity index (χ2v) is 5.79. The second kappa shape index (κ2) is 7.57. The maximum absolute atomic E-state index is 12.5. The van der Waals surface area contributed by atoms with Gasteiger partial charge in [-0.25, -0.2) is 0 Å². The predicted molar refractivity (Wildman–Crippen MR) is 84.1 cm³/mol. The molecule has 2 atom stereocenters. The standard InChI is InChI=1S/C17H26N2O2/c1-13-5-3-4-6-14(13)7-8-17(20)19-10-9-16(21-2)11-15(19)12-18/h3-6,15-16H,7-12,18H2,1-2H3. The van der Waals surface area contributed by atoms with E-state index in [2.05, 4.69) is 19.1 Å². The van der Waals surface area contributed by atoms with E-state index in [-0.39, 0.29) is 18.1 Å². The molecule has 2 rings (SSSR count). The molecule has 0 aromatic heterocycles. The van der Waals surface area contributed by atoms with Gasteiger partial charge in [-0.3, -0.25) is 4.79 Å². The van der Waals surface area contributed by atoms with Crippen LogP contribution >= 0.6 is 0 Å². The first-order valence-electron chi connectivity index (χ1n) is 7.72. The van der Waals surface area contributed by atoms with E-state index in [0.29, 0.717) is 13.0 Å². The maximum atomic E-state index is 12.5. The smallest absolute Gasteiger partial charge is 0.223 e. The van der Waals surface area contributed by atoms with Crippen molar-refractivity contribution in [2.24, 2.45) is 5.73 Å². The molecular formula is C17H26N2O2. The third kappa shape index (κ3) is 4.05. The molecule has 1 amide bonds. The highest BCUT2D eigenvalue weighted by Gasteiger charge is 2.30. The summed E-state index contributed by atoms with van der Waals surface area (Å²) in [5.41, 5.74) is 8.33. The number of carbonyl (C=O) groups excluding carboxylic acids is 1. The average molecular weight is 290 g/mol. The van der Waals surface area contributed by atoms with Gasteiger partial charge < -0.3 is 15.4 Å². The molecule has 21 heavy (non-hydrogen) atoms. The van der Waals surface area contributed by atoms with Gasteiger partial charge in [0.2, 0.25) is 5.91 Å². The molecule has 116 valence electrons. The number of nitrogens with zero attached hydrogens (tertiary/aromatic N) is 1. The van der Waals surface area contributed by atoms with E-state index in [9.17, 15) is 4.79 Å². The number of ether oxygens (including phenoxy) is 1. The fraction of sp³-hybridized carbons (Fsp3) is 0.588. The number of amides is 1. The molecule has 2 N–H and O–H groups in total. The Hall–Kier alpha value is -1.39. The van der Waals surface area contributed by atoms with Crippen molar-refractivity contribution < 1.29 is 9.53 Å². The number of aryl methyl sites for hydroxylation is 2. The van der Waals surface area contributed by atoms with Crippen LogP contribution in [0.2, 0.25) is 0 Å². The quantitative estimate of drug-likeness (QED) is 0.901. The van der Waals surface area contributed by atoms with Gasteiger partial charge in [-0.1, -0.05) is 24.3 Å². The highest BCUT2D eigenvalue weighted by molar-refractivity contribution is 5.77. The summed E-state index contributed by atoms with van der Waals surface area (Å²) >= 11 is 0. The van der Waals surface area contributed by atoms with E-state index < -0.39 is 0 Å². The SMILES string of the molecule is COC1CCN(C(=O)CCc2ccccc2C)C(CN)C1. The van der Waals surface area contributed by atoms with Crippen molar-refractivity contribution >= 4 is 5.91 Å². The Labute approximate surface area is 127 Å². The van der Waals surface area contributed by atoms with Gasteiger partial charge in [0.25, 0.3) is 0 Å². The lowest BCUT2D eigenvalue weighted by Gasteiger charge is -2.38. The maximum Gasteiger partial charge on any atom is 0.223 e. The van der Waals surface area contributed by atoms with Gasteiger partial charge in [0, 0.05) is 32.7 Å². The zero-order chi connectivity index (χ0) is 15.2. The highest BCUT2D eigenvalue weighted by atomic mass is 16.5. The Kier molecular flexibility index (Phi) is 5.76. The van der Waals surface area contributed by atoms with E-state index in [1.165, 1.54) is 11.1 Å². The van der Waals surface area contributed by atoms with Crippen molar-refractivity contribution in [1.82, 2.24) is 4.90 Å². The van der Waals surface area contributed by atoms with Gasteiger partial charge >= 0.3 is 0 Å². The lowest BCUT2D eigenvalue weighted by molar-refractivity contribution is -0.136. The number of rotatable bonds is 5. The fourth-order valence-corrected chi connectivity index (χ4v) is 3.06. The molecule has 0 saturated carbocycles. The molecule has 1 aliphatic rings. The van der Waals surface area contributed by atoms with Crippen LogP contribution in [0.15, 0.2) is 24.3 Å². The Bertz CT molecular complexity index is 476. The fourth-order valence-electron chi connectivity index (χ4n) is 3.06. The number of piperidine rings is 1. The normalized spacial score (nSPS) is 22.3. The van der Waals surface area contributed by atoms with Crippen LogP contribution in [0.25, 0.3) is 0 Å². The van der Waals surface area contributed by atoms with Crippen LogP contribution in [0.5, 0.6) is 0 Å². The number of carbonyl (C=O) groups is 1. The van der Waals surface area contributed by atoms with Crippen LogP contribution in [0.1, 0.15) is 30.4 Å². The molecule has 2 unspecified atom stereocenters. The van der Waals surface area contributed by atoms with E-state index in [1.54, 1.807) is 7.11 Å². The first kappa shape index (κ1) is 16.0. The Morgan fingerprint density at radius 3 is 2.86 bits per heavy atom. The summed E-state index contributed by atoms with van der Waals surface area (Å²) in [4.78, 5) is 14.4. The minimum Gasteiger partial charge on any atom is -0.381 e. The van der Waals surface area contributed by atoms with Crippen molar-refractivity contribution in [3.63, 3.8) is 0 Å². The van der Waals surface area contributed by atoms with E-state index in [4.69, 9.17) is 10.5 Å². The van der Waals surface area contributed by atoms with Crippen LogP contribution in [-0.2, 0) is 16.0 Å². The summed E-state index contributed by atoms with van der Waals surface area (Å²) in [6, 6.07) is 8.36. The average Bonchev–Trinajstić information content (AvgIpc) is 2.53. The summed E-state index contributed by atoms with van der Waals surface area (Å²) in [6.45, 7) is 3.36. The van der Waals surface area contributed by atoms with Crippen molar-refractivity contribution in [3.05, 3.63) is 35.4 Å². The predicted octanol–water partition coefficient (Wildman–Crippen LogP) is 1.89. The third-order valence-electron chi connectivity index (χ3n) is 4.46. The minimum atomic E-state index is 0.119. The molecule has 0 radical (unpaired) electrons. The summed E-state index contributed by atoms with van der Waals surface area (Å²) < 4.78 is 5.40. The minimum absolute atomic E-state index is 0.119. The molecule has 1 saturated heterocycles. The summed E-state index contributed by atoms with van der Waals surface area (Å²) in [5.74, 6) is 0.211. The third-order valence-corrected chi connectivity index (χ3v) is 4.46. The molecular weight excluding hydrogens is 264 g/mol. The van der Waals surface area contributed by atoms with Crippen LogP contribution in [-0.4, -0.2) is 43.2 Å². The van der Waals surface area contributed by atoms with Gasteiger partial charge in [0.15, 0.2) is 0 Å². The lowest BCUT2D eigenvalue weighted by Crippen LogP contribution is -2.51. The van der Waals surface area contributed by atoms with E-state index in [0.717, 1.165) is 25.8 Å². The highest BCUT2D eigenvalue weighted by Crippen LogP contribution is 2.20. The first-order valence-corrected chi connectivity index (χ1v) is 7.72. The number of hydrogen-bond donors (Lipinski definition) is 1. The summed E-state index contributed by atoms with van der Waals surface area (Å²) in [5, 5.41) is 0. The largest absolute Gasteiger partial charge is 0.381 e. The number of hydrogen-bond acceptors (Lipinski definition) is 3. The molecule has 4 nitrogen and oxygen atoms in total. The molecule has 0 spiro atoms. The van der Waals surface area contributed by atoms with Gasteiger partial charge in [-0.05, 0) is 37.3 Å². The molecule has 1 aliphatic heterocycles. The Morgan fingerprint density at radius 1 is 1.43 bits per heavy atom. The number of likely N-dealkylation sites (tertiary alicyclic amines) is 1. The topological polar surface area (TPSA) is 55.6 Å². The van der Waals surface area contributed by atoms with Crippen LogP contribution in [0, 0.1) is 6.92 Å². The van der Waals surface area contributed by atoms with Crippen LogP contribution in [0.3, 0.4) is 0 Å². The summed E-state index contributed by atoms with van der Waals surface area (Å²) in [7, 11) is 1.73. The molecule has 0 bridgehead atoms. The van der Waals surface area contributed by atoms with Gasteiger partial charge in [-0.15, -0.1) is 0 Å². The van der Waals surface area contributed by atoms with Crippen LogP contribution < -0.4 is 5.73 Å². The first-order chi connectivity index (χ1) is 10.2. The van der Waals surface area contributed by atoms with E-state index in [1.807, 2.05) is 17.0 Å². The van der Waals surface area contributed by atoms with Crippen molar-refractivity contribution in [1.29, 1.82) is 0 Å². The number of nitrogens with two attached hydrogens (primary N) is 1. The molecule has 4 heteroatoms. The second-order valence-electron chi connectivity index (χ2n) is 5.79. The van der Waals surface area contributed by atoms with Crippen LogP contribution in [0.4, 0.5) is 0 Å². The van der Waals surface area contributed by atoms with Gasteiger partial charge in [-0.2, -0.15) is 0 Å². The number of benzene rings is 1. The van der Waals surface area contributed by atoms with Gasteiger partial charge in [0.1, 0.15) is 0 Å². The zero-order valence-corrected chi connectivity index (χ0v) is 13.0. The zero-order valence-electron chi connectivity index (χ0n) is 13.0. The van der Waals surface area contributed by atoms with Crippen molar-refractivity contribution in [2.75, 3.05) is 20.2 Å². The molecule has 0 aliphatic carbocycles. The van der Waals surface area contributed by atoms with E-state index >= 15 is 0 Å². The Morgan fingerprint density at radius 2 is 2.19 bits per heavy atom. The molecule has 1 heterocycles. The van der Waals surface area contributed by atoms with Crippen molar-refractivity contribution in [3.8, 4) is 0 Å². The molecule has 1 aromatic rings. The monoisotopic (exact) mass is 290 g/mol. The lowest BCUT2D eigenvalue weighted by atomic mass is 9.97. The van der Waals surface area contributed by atoms with Crippen molar-refractivity contribution in [2.45, 2.75) is 44.8 Å². The Balaban J connectivity index is 1.92. The number of methoxy groups -OCH3 is 1. The summed E-state index contributed by atoms with van der Waals surface area (Å²) in [6.07, 6.45) is 3.34. The molecule has 1 fully saturated rings.